The third-order valence-corrected chi connectivity index (χ3v) is 8.79. The highest BCUT2D eigenvalue weighted by Crippen LogP contribution is 2.37. The van der Waals surface area contributed by atoms with Crippen LogP contribution in [0.5, 0.6) is 0 Å². The summed E-state index contributed by atoms with van der Waals surface area (Å²) in [4.78, 5) is 13.5. The highest BCUT2D eigenvalue weighted by molar-refractivity contribution is 7.84. The van der Waals surface area contributed by atoms with Crippen molar-refractivity contribution in [2.75, 3.05) is 53.7 Å². The van der Waals surface area contributed by atoms with Crippen LogP contribution in [0.2, 0.25) is 5.02 Å². The second kappa shape index (κ2) is 10.5. The fraction of sp³-hybridized carbons (Fsp3) is 0.286. The van der Waals surface area contributed by atoms with Crippen molar-refractivity contribution in [2.24, 2.45) is 0 Å². The van der Waals surface area contributed by atoms with E-state index in [0.717, 1.165) is 46.3 Å². The van der Waals surface area contributed by atoms with Crippen LogP contribution in [-0.4, -0.2) is 53.2 Å². The van der Waals surface area contributed by atoms with E-state index in [1.165, 1.54) is 11.2 Å². The van der Waals surface area contributed by atoms with Crippen molar-refractivity contribution >= 4 is 50.4 Å². The lowest BCUT2D eigenvalue weighted by Gasteiger charge is -2.39. The average Bonchev–Trinajstić information content (AvgIpc) is 2.96. The normalized spacial score (nSPS) is 16.4. The Morgan fingerprint density at radius 2 is 1.48 bits per heavy atom. The van der Waals surface area contributed by atoms with Crippen molar-refractivity contribution < 1.29 is 21.8 Å². The van der Waals surface area contributed by atoms with Gasteiger partial charge >= 0.3 is 0 Å². The smallest absolute Gasteiger partial charge is 0.186 e. The van der Waals surface area contributed by atoms with E-state index in [-0.39, 0.29) is 13.1 Å². The Morgan fingerprint density at radius 3 is 2.15 bits per heavy atom. The number of aromatic nitrogens is 2. The molecule has 1 saturated heterocycles. The SMILES string of the molecule is CS(=O)c1c(F)c(F)c(N2CCN(c3ncnc4c3CCN(c3cccc5cccc(Cl)c35)C4)CC2)c(F)c1F. The lowest BCUT2D eigenvalue weighted by Crippen LogP contribution is -2.48. The van der Waals surface area contributed by atoms with E-state index >= 15 is 0 Å². The van der Waals surface area contributed by atoms with Crippen molar-refractivity contribution in [3.05, 3.63) is 82.3 Å². The van der Waals surface area contributed by atoms with Gasteiger partial charge in [0.05, 0.1) is 28.1 Å². The summed E-state index contributed by atoms with van der Waals surface area (Å²) in [5, 5.41) is 2.73. The second-order valence-electron chi connectivity index (χ2n) is 9.77. The van der Waals surface area contributed by atoms with E-state index in [1.54, 1.807) is 0 Å². The Morgan fingerprint density at radius 1 is 0.825 bits per heavy atom. The van der Waals surface area contributed by atoms with Crippen molar-refractivity contribution in [3.63, 3.8) is 0 Å². The number of benzene rings is 3. The summed E-state index contributed by atoms with van der Waals surface area (Å²) < 4.78 is 70.1. The Balaban J connectivity index is 1.23. The van der Waals surface area contributed by atoms with Gasteiger partial charge in [-0.15, -0.1) is 0 Å². The molecule has 1 atom stereocenters. The van der Waals surface area contributed by atoms with Crippen LogP contribution < -0.4 is 14.7 Å². The number of hydrogen-bond acceptors (Lipinski definition) is 6. The zero-order valence-corrected chi connectivity index (χ0v) is 23.0. The molecule has 12 heteroatoms. The molecule has 2 aliphatic rings. The van der Waals surface area contributed by atoms with Gasteiger partial charge < -0.3 is 14.7 Å². The van der Waals surface area contributed by atoms with E-state index in [2.05, 4.69) is 20.9 Å². The zero-order valence-electron chi connectivity index (χ0n) is 21.4. The van der Waals surface area contributed by atoms with Crippen molar-refractivity contribution in [2.45, 2.75) is 17.9 Å². The maximum absolute atomic E-state index is 14.8. The molecule has 0 aliphatic carbocycles. The highest BCUT2D eigenvalue weighted by Gasteiger charge is 2.33. The van der Waals surface area contributed by atoms with E-state index < -0.39 is 44.7 Å². The molecular weight excluding hydrogens is 566 g/mol. The molecule has 208 valence electrons. The predicted molar refractivity (Wildman–Crippen MR) is 149 cm³/mol. The fourth-order valence-electron chi connectivity index (χ4n) is 5.63. The minimum Gasteiger partial charge on any atom is -0.365 e. The third kappa shape index (κ3) is 4.45. The van der Waals surface area contributed by atoms with Gasteiger partial charge in [0.1, 0.15) is 22.7 Å². The lowest BCUT2D eigenvalue weighted by atomic mass is 10.0. The van der Waals surface area contributed by atoms with Gasteiger partial charge in [0, 0.05) is 55.6 Å². The van der Waals surface area contributed by atoms with Crippen LogP contribution >= 0.6 is 11.6 Å². The summed E-state index contributed by atoms with van der Waals surface area (Å²) in [5.41, 5.74) is 2.14. The molecule has 0 radical (unpaired) electrons. The van der Waals surface area contributed by atoms with Crippen LogP contribution in [0, 0.1) is 23.3 Å². The van der Waals surface area contributed by atoms with Crippen LogP contribution in [0.15, 0.2) is 47.6 Å². The van der Waals surface area contributed by atoms with Crippen molar-refractivity contribution in [1.82, 2.24) is 9.97 Å². The molecule has 0 amide bonds. The monoisotopic (exact) mass is 589 g/mol. The van der Waals surface area contributed by atoms with Gasteiger partial charge in [-0.05, 0) is 23.9 Å². The summed E-state index contributed by atoms with van der Waals surface area (Å²) in [5.74, 6) is -5.58. The summed E-state index contributed by atoms with van der Waals surface area (Å²) >= 11 is 6.56. The Kier molecular flexibility index (Phi) is 7.03. The largest absolute Gasteiger partial charge is 0.365 e. The van der Waals surface area contributed by atoms with Crippen LogP contribution in [0.3, 0.4) is 0 Å². The van der Waals surface area contributed by atoms with Crippen LogP contribution in [0.1, 0.15) is 11.3 Å². The highest BCUT2D eigenvalue weighted by atomic mass is 35.5. The molecule has 1 fully saturated rings. The number of rotatable bonds is 4. The number of halogens is 5. The first-order valence-corrected chi connectivity index (χ1v) is 14.6. The van der Waals surface area contributed by atoms with Gasteiger partial charge in [0.25, 0.3) is 0 Å². The van der Waals surface area contributed by atoms with E-state index in [4.69, 9.17) is 11.6 Å². The number of anilines is 3. The van der Waals surface area contributed by atoms with E-state index in [1.807, 2.05) is 35.2 Å². The van der Waals surface area contributed by atoms with Gasteiger partial charge in [-0.25, -0.2) is 27.5 Å². The van der Waals surface area contributed by atoms with Crippen LogP contribution in [0.4, 0.5) is 34.8 Å². The molecular formula is C28H24ClF4N5OS. The molecule has 1 aromatic heterocycles. The second-order valence-corrected chi connectivity index (χ2v) is 11.5. The fourth-order valence-corrected chi connectivity index (χ4v) is 6.59. The first-order valence-electron chi connectivity index (χ1n) is 12.7. The summed E-state index contributed by atoms with van der Waals surface area (Å²) in [7, 11) is -2.22. The first-order chi connectivity index (χ1) is 19.3. The van der Waals surface area contributed by atoms with E-state index in [0.29, 0.717) is 31.1 Å². The number of nitrogens with zero attached hydrogens (tertiary/aromatic N) is 5. The quantitative estimate of drug-likeness (QED) is 0.233. The topological polar surface area (TPSA) is 52.6 Å². The molecule has 0 spiro atoms. The summed E-state index contributed by atoms with van der Waals surface area (Å²) in [6, 6.07) is 11.9. The van der Waals surface area contributed by atoms with E-state index in [9.17, 15) is 21.8 Å². The van der Waals surface area contributed by atoms with Crippen molar-refractivity contribution in [1.29, 1.82) is 0 Å². The van der Waals surface area contributed by atoms with Gasteiger partial charge in [0.2, 0.25) is 0 Å². The molecule has 4 aromatic rings. The number of hydrogen-bond donors (Lipinski definition) is 0. The van der Waals surface area contributed by atoms with Gasteiger partial charge in [-0.3, -0.25) is 4.21 Å². The first kappa shape index (κ1) is 26.8. The molecule has 0 N–H and O–H groups in total. The third-order valence-electron chi connectivity index (χ3n) is 7.54. The summed E-state index contributed by atoms with van der Waals surface area (Å²) in [6.45, 7) is 2.17. The van der Waals surface area contributed by atoms with Crippen LogP contribution in [0.25, 0.3) is 10.8 Å². The molecule has 6 rings (SSSR count). The molecule has 1 unspecified atom stereocenters. The molecule has 6 nitrogen and oxygen atoms in total. The van der Waals surface area contributed by atoms with Gasteiger partial charge in [-0.1, -0.05) is 35.9 Å². The molecule has 3 heterocycles. The van der Waals surface area contributed by atoms with Gasteiger partial charge in [0.15, 0.2) is 23.3 Å². The molecule has 0 bridgehead atoms. The Labute approximate surface area is 235 Å². The maximum atomic E-state index is 14.8. The minimum atomic E-state index is -2.22. The minimum absolute atomic E-state index is 0.112. The van der Waals surface area contributed by atoms with Crippen molar-refractivity contribution in [3.8, 4) is 0 Å². The summed E-state index contributed by atoms with van der Waals surface area (Å²) in [6.07, 6.45) is 3.16. The number of piperazine rings is 1. The Hall–Kier alpha value is -3.44. The molecule has 3 aromatic carbocycles. The standard InChI is InChI=1S/C28H24ClF4N5OS/c1-40(39)27-24(32)22(30)26(23(31)25(27)33)36-10-12-37(13-11-36)28-17-8-9-38(14-19(17)34-15-35-28)20-7-3-5-16-4-2-6-18(29)21(16)20/h2-7,15H,8-14H2,1H3. The van der Waals surface area contributed by atoms with Gasteiger partial charge in [-0.2, -0.15) is 0 Å². The maximum Gasteiger partial charge on any atom is 0.186 e. The van der Waals surface area contributed by atoms with Crippen LogP contribution in [-0.2, 0) is 23.8 Å². The molecule has 2 aliphatic heterocycles. The zero-order chi connectivity index (χ0) is 28.1. The predicted octanol–water partition coefficient (Wildman–Crippen LogP) is 5.47. The Bertz CT molecular complexity index is 1630. The number of fused-ring (bicyclic) bond motifs is 2. The lowest BCUT2D eigenvalue weighted by molar-refractivity contribution is 0.420. The molecule has 0 saturated carbocycles. The average molecular weight is 590 g/mol. The molecule has 40 heavy (non-hydrogen) atoms.